The van der Waals surface area contributed by atoms with E-state index < -0.39 is 0 Å². The van der Waals surface area contributed by atoms with Crippen LogP contribution in [0.5, 0.6) is 0 Å². The van der Waals surface area contributed by atoms with Gasteiger partial charge in [-0.15, -0.1) is 0 Å². The Morgan fingerprint density at radius 1 is 1.16 bits per heavy atom. The first-order chi connectivity index (χ1) is 8.99. The molecule has 0 aromatic heterocycles. The minimum Gasteiger partial charge on any atom is -0.399 e. The van der Waals surface area contributed by atoms with Gasteiger partial charge in [0.05, 0.1) is 0 Å². The van der Waals surface area contributed by atoms with Crippen molar-refractivity contribution < 1.29 is 4.79 Å². The molecule has 0 fully saturated rings. The SMILES string of the molecule is Cc1cccc(C)c1CC(=O)c1cc(N)ccc1Br. The van der Waals surface area contributed by atoms with Gasteiger partial charge < -0.3 is 5.73 Å². The number of benzene rings is 2. The number of carbonyl (C=O) groups excluding carboxylic acids is 1. The van der Waals surface area contributed by atoms with Crippen LogP contribution in [-0.2, 0) is 6.42 Å². The van der Waals surface area contributed by atoms with Gasteiger partial charge >= 0.3 is 0 Å². The molecule has 2 rings (SSSR count). The van der Waals surface area contributed by atoms with E-state index in [2.05, 4.69) is 15.9 Å². The number of Topliss-reactive ketones (excluding diaryl/α,β-unsaturated/α-hetero) is 1. The summed E-state index contributed by atoms with van der Waals surface area (Å²) in [6, 6.07) is 11.4. The Morgan fingerprint density at radius 2 is 1.79 bits per heavy atom. The highest BCUT2D eigenvalue weighted by atomic mass is 79.9. The Labute approximate surface area is 121 Å². The highest BCUT2D eigenvalue weighted by molar-refractivity contribution is 9.10. The van der Waals surface area contributed by atoms with Crippen molar-refractivity contribution in [3.63, 3.8) is 0 Å². The van der Waals surface area contributed by atoms with Crippen molar-refractivity contribution in [3.05, 3.63) is 63.1 Å². The molecular weight excluding hydrogens is 302 g/mol. The predicted octanol–water partition coefficient (Wildman–Crippen LogP) is 4.07. The Balaban J connectivity index is 2.34. The average Bonchev–Trinajstić information content (AvgIpc) is 2.37. The third-order valence-corrected chi connectivity index (χ3v) is 3.96. The van der Waals surface area contributed by atoms with Crippen molar-refractivity contribution in [2.45, 2.75) is 20.3 Å². The van der Waals surface area contributed by atoms with Gasteiger partial charge in [-0.2, -0.15) is 0 Å². The van der Waals surface area contributed by atoms with Gasteiger partial charge in [-0.3, -0.25) is 4.79 Å². The lowest BCUT2D eigenvalue weighted by molar-refractivity contribution is 0.0992. The van der Waals surface area contributed by atoms with E-state index in [0.29, 0.717) is 17.7 Å². The molecule has 3 heteroatoms. The number of nitrogen functional groups attached to an aromatic ring is 1. The van der Waals surface area contributed by atoms with Gasteiger partial charge in [0.1, 0.15) is 0 Å². The van der Waals surface area contributed by atoms with Crippen molar-refractivity contribution in [1.29, 1.82) is 0 Å². The Bertz CT molecular complexity index is 614. The molecule has 2 aromatic rings. The first-order valence-electron chi connectivity index (χ1n) is 6.12. The van der Waals surface area contributed by atoms with Gasteiger partial charge in [0.15, 0.2) is 5.78 Å². The molecule has 0 spiro atoms. The summed E-state index contributed by atoms with van der Waals surface area (Å²) in [6.45, 7) is 4.06. The lowest BCUT2D eigenvalue weighted by Crippen LogP contribution is -2.08. The number of hydrogen-bond donors (Lipinski definition) is 1. The van der Waals surface area contributed by atoms with E-state index in [1.807, 2.05) is 38.1 Å². The monoisotopic (exact) mass is 317 g/mol. The topological polar surface area (TPSA) is 43.1 Å². The first-order valence-corrected chi connectivity index (χ1v) is 6.91. The van der Waals surface area contributed by atoms with Crippen LogP contribution in [0.4, 0.5) is 5.69 Å². The highest BCUT2D eigenvalue weighted by Gasteiger charge is 2.13. The summed E-state index contributed by atoms with van der Waals surface area (Å²) in [6.07, 6.45) is 0.403. The van der Waals surface area contributed by atoms with E-state index >= 15 is 0 Å². The average molecular weight is 318 g/mol. The fourth-order valence-corrected chi connectivity index (χ4v) is 2.61. The number of ketones is 1. The lowest BCUT2D eigenvalue weighted by atomic mass is 9.95. The summed E-state index contributed by atoms with van der Waals surface area (Å²) in [5.41, 5.74) is 10.4. The number of hydrogen-bond acceptors (Lipinski definition) is 2. The molecule has 0 aliphatic heterocycles. The van der Waals surface area contributed by atoms with Crippen molar-refractivity contribution in [2.75, 3.05) is 5.73 Å². The molecule has 2 aromatic carbocycles. The molecule has 98 valence electrons. The summed E-state index contributed by atoms with van der Waals surface area (Å²) in [5, 5.41) is 0. The van der Waals surface area contributed by atoms with Crippen molar-refractivity contribution in [3.8, 4) is 0 Å². The van der Waals surface area contributed by atoms with Gasteiger partial charge in [0.25, 0.3) is 0 Å². The first kappa shape index (κ1) is 13.8. The second kappa shape index (κ2) is 5.57. The maximum atomic E-state index is 12.4. The number of aryl methyl sites for hydroxylation is 2. The fraction of sp³-hybridized carbons (Fsp3) is 0.188. The number of nitrogens with two attached hydrogens (primary N) is 1. The summed E-state index contributed by atoms with van der Waals surface area (Å²) in [5.74, 6) is 0.0802. The molecule has 2 nitrogen and oxygen atoms in total. The van der Waals surface area contributed by atoms with Crippen LogP contribution in [0.3, 0.4) is 0 Å². The van der Waals surface area contributed by atoms with Crippen molar-refractivity contribution in [2.24, 2.45) is 0 Å². The maximum absolute atomic E-state index is 12.4. The molecular formula is C16H16BrNO. The molecule has 2 N–H and O–H groups in total. The van der Waals surface area contributed by atoms with Gasteiger partial charge in [-0.25, -0.2) is 0 Å². The van der Waals surface area contributed by atoms with Gasteiger partial charge in [-0.1, -0.05) is 34.1 Å². The van der Waals surface area contributed by atoms with Crippen LogP contribution in [-0.4, -0.2) is 5.78 Å². The number of anilines is 1. The second-order valence-electron chi connectivity index (χ2n) is 4.71. The molecule has 0 atom stereocenters. The van der Waals surface area contributed by atoms with Gasteiger partial charge in [-0.05, 0) is 48.7 Å². The van der Waals surface area contributed by atoms with Crippen LogP contribution in [0, 0.1) is 13.8 Å². The lowest BCUT2D eigenvalue weighted by Gasteiger charge is -2.10. The molecule has 0 saturated heterocycles. The van der Waals surface area contributed by atoms with Crippen molar-refractivity contribution >= 4 is 27.4 Å². The molecule has 0 amide bonds. The van der Waals surface area contributed by atoms with E-state index in [1.165, 1.54) is 0 Å². The Hall–Kier alpha value is -1.61. The van der Waals surface area contributed by atoms with Crippen molar-refractivity contribution in [1.82, 2.24) is 0 Å². The summed E-state index contributed by atoms with van der Waals surface area (Å²) < 4.78 is 0.790. The molecule has 0 unspecified atom stereocenters. The van der Waals surface area contributed by atoms with Crippen LogP contribution in [0.2, 0.25) is 0 Å². The van der Waals surface area contributed by atoms with Gasteiger partial charge in [0, 0.05) is 22.1 Å². The highest BCUT2D eigenvalue weighted by Crippen LogP contribution is 2.23. The molecule has 0 aliphatic rings. The quantitative estimate of drug-likeness (QED) is 0.685. The van der Waals surface area contributed by atoms with Crippen LogP contribution >= 0.6 is 15.9 Å². The fourth-order valence-electron chi connectivity index (χ4n) is 2.14. The maximum Gasteiger partial charge on any atom is 0.168 e. The zero-order valence-corrected chi connectivity index (χ0v) is 12.6. The third-order valence-electron chi connectivity index (χ3n) is 3.27. The predicted molar refractivity (Wildman–Crippen MR) is 82.5 cm³/mol. The van der Waals surface area contributed by atoms with Crippen LogP contribution in [0.15, 0.2) is 40.9 Å². The third kappa shape index (κ3) is 3.04. The zero-order valence-electron chi connectivity index (χ0n) is 11.0. The minimum atomic E-state index is 0.0802. The molecule has 0 radical (unpaired) electrons. The van der Waals surface area contributed by atoms with Crippen LogP contribution < -0.4 is 5.73 Å². The molecule has 0 saturated carbocycles. The minimum absolute atomic E-state index is 0.0802. The number of carbonyl (C=O) groups is 1. The number of halogens is 1. The smallest absolute Gasteiger partial charge is 0.168 e. The summed E-state index contributed by atoms with van der Waals surface area (Å²) >= 11 is 3.41. The van der Waals surface area contributed by atoms with E-state index in [1.54, 1.807) is 12.1 Å². The van der Waals surface area contributed by atoms with E-state index in [0.717, 1.165) is 21.2 Å². The molecule has 0 heterocycles. The van der Waals surface area contributed by atoms with E-state index in [-0.39, 0.29) is 5.78 Å². The second-order valence-corrected chi connectivity index (χ2v) is 5.56. The molecule has 19 heavy (non-hydrogen) atoms. The molecule has 0 aliphatic carbocycles. The largest absolute Gasteiger partial charge is 0.399 e. The Morgan fingerprint density at radius 3 is 2.42 bits per heavy atom. The zero-order chi connectivity index (χ0) is 14.0. The summed E-state index contributed by atoms with van der Waals surface area (Å²) in [7, 11) is 0. The molecule has 0 bridgehead atoms. The number of rotatable bonds is 3. The van der Waals surface area contributed by atoms with Crippen LogP contribution in [0.25, 0.3) is 0 Å². The standard InChI is InChI=1S/C16H16BrNO/c1-10-4-3-5-11(2)13(10)9-16(19)14-8-12(18)6-7-15(14)17/h3-8H,9,18H2,1-2H3. The van der Waals surface area contributed by atoms with E-state index in [9.17, 15) is 4.79 Å². The normalized spacial score (nSPS) is 10.5. The van der Waals surface area contributed by atoms with Gasteiger partial charge in [0.2, 0.25) is 0 Å². The summed E-state index contributed by atoms with van der Waals surface area (Å²) in [4.78, 5) is 12.4. The Kier molecular flexibility index (Phi) is 4.05. The van der Waals surface area contributed by atoms with E-state index in [4.69, 9.17) is 5.73 Å². The van der Waals surface area contributed by atoms with Crippen LogP contribution in [0.1, 0.15) is 27.0 Å².